The highest BCUT2D eigenvalue weighted by molar-refractivity contribution is 5.93. The molecule has 1 aliphatic carbocycles. The topological polar surface area (TPSA) is 160 Å². The summed E-state index contributed by atoms with van der Waals surface area (Å²) < 4.78 is 10.7. The number of aliphatic carboxylic acids is 2. The minimum atomic E-state index is -1.65. The summed E-state index contributed by atoms with van der Waals surface area (Å²) in [6.45, 7) is 2.86. The van der Waals surface area contributed by atoms with Gasteiger partial charge in [0.1, 0.15) is 31.3 Å². The molecular formula is C40H38N2O9. The van der Waals surface area contributed by atoms with E-state index in [0.717, 1.165) is 27.2 Å². The fourth-order valence-electron chi connectivity index (χ4n) is 6.42. The van der Waals surface area contributed by atoms with E-state index in [2.05, 4.69) is 11.9 Å². The SMILES string of the molecule is C=CCOC(=O)CCC(=O)N(C(c1ccccc1)[C@@H](NCOC(=O)C1c2ccccc2-c2ccccc21)C(=O)O)[C@@H](Cc1ccccc1)C(=O)O. The Bertz CT molecular complexity index is 1830. The molecule has 0 aromatic heterocycles. The average molecular weight is 691 g/mol. The van der Waals surface area contributed by atoms with Crippen molar-refractivity contribution in [1.29, 1.82) is 0 Å². The normalized spacial score (nSPS) is 13.5. The van der Waals surface area contributed by atoms with E-state index in [1.54, 1.807) is 60.7 Å². The second kappa shape index (κ2) is 17.0. The van der Waals surface area contributed by atoms with Gasteiger partial charge in [-0.25, -0.2) is 4.79 Å². The predicted octanol–water partition coefficient (Wildman–Crippen LogP) is 5.12. The third-order valence-corrected chi connectivity index (χ3v) is 8.70. The minimum Gasteiger partial charge on any atom is -0.480 e. The molecule has 3 N–H and O–H groups in total. The highest BCUT2D eigenvalue weighted by atomic mass is 16.5. The van der Waals surface area contributed by atoms with Crippen molar-refractivity contribution in [3.05, 3.63) is 144 Å². The second-order valence-corrected chi connectivity index (χ2v) is 11.9. The number of carbonyl (C=O) groups excluding carboxylic acids is 3. The van der Waals surface area contributed by atoms with Crippen molar-refractivity contribution in [3.8, 4) is 11.1 Å². The van der Waals surface area contributed by atoms with E-state index in [-0.39, 0.29) is 19.4 Å². The first-order valence-corrected chi connectivity index (χ1v) is 16.4. The summed E-state index contributed by atoms with van der Waals surface area (Å²) >= 11 is 0. The molecule has 1 amide bonds. The average Bonchev–Trinajstić information content (AvgIpc) is 3.48. The summed E-state index contributed by atoms with van der Waals surface area (Å²) in [5, 5.41) is 24.0. The van der Waals surface area contributed by atoms with Crippen LogP contribution in [0.2, 0.25) is 0 Å². The predicted molar refractivity (Wildman–Crippen MR) is 187 cm³/mol. The van der Waals surface area contributed by atoms with Crippen molar-refractivity contribution in [2.45, 2.75) is 43.3 Å². The van der Waals surface area contributed by atoms with Gasteiger partial charge in [-0.05, 0) is 33.4 Å². The molecule has 0 saturated carbocycles. The maximum Gasteiger partial charge on any atom is 0.326 e. The van der Waals surface area contributed by atoms with E-state index in [4.69, 9.17) is 9.47 Å². The lowest BCUT2D eigenvalue weighted by molar-refractivity contribution is -0.158. The fourth-order valence-corrected chi connectivity index (χ4v) is 6.42. The van der Waals surface area contributed by atoms with Crippen LogP contribution >= 0.6 is 0 Å². The van der Waals surface area contributed by atoms with Gasteiger partial charge in [0.2, 0.25) is 5.91 Å². The van der Waals surface area contributed by atoms with Crippen LogP contribution in [0, 0.1) is 0 Å². The third kappa shape index (κ3) is 8.57. The summed E-state index contributed by atoms with van der Waals surface area (Å²) in [7, 11) is 0. The Balaban J connectivity index is 1.47. The van der Waals surface area contributed by atoms with Crippen LogP contribution in [-0.4, -0.2) is 70.3 Å². The largest absolute Gasteiger partial charge is 0.480 e. The lowest BCUT2D eigenvalue weighted by Crippen LogP contribution is -2.56. The molecule has 1 aliphatic rings. The number of nitrogens with one attached hydrogen (secondary N) is 1. The van der Waals surface area contributed by atoms with Crippen LogP contribution in [0.15, 0.2) is 122 Å². The smallest absolute Gasteiger partial charge is 0.326 e. The lowest BCUT2D eigenvalue weighted by Gasteiger charge is -2.39. The Morgan fingerprint density at radius 2 is 1.31 bits per heavy atom. The van der Waals surface area contributed by atoms with Gasteiger partial charge in [-0.15, -0.1) is 0 Å². The minimum absolute atomic E-state index is 0.0725. The van der Waals surface area contributed by atoms with Crippen molar-refractivity contribution in [2.75, 3.05) is 13.3 Å². The Hall–Kier alpha value is -6.07. The second-order valence-electron chi connectivity index (χ2n) is 11.9. The molecule has 11 heteroatoms. The third-order valence-electron chi connectivity index (χ3n) is 8.70. The van der Waals surface area contributed by atoms with Crippen molar-refractivity contribution < 1.29 is 43.7 Å². The molecule has 11 nitrogen and oxygen atoms in total. The lowest BCUT2D eigenvalue weighted by atomic mass is 9.93. The Labute approximate surface area is 295 Å². The highest BCUT2D eigenvalue weighted by Gasteiger charge is 2.43. The number of carboxylic acid groups (broad SMARTS) is 2. The molecule has 0 bridgehead atoms. The number of fused-ring (bicyclic) bond motifs is 3. The molecule has 5 rings (SSSR count). The van der Waals surface area contributed by atoms with Gasteiger partial charge in [-0.3, -0.25) is 24.5 Å². The summed E-state index contributed by atoms with van der Waals surface area (Å²) in [6.07, 6.45) is 0.376. The van der Waals surface area contributed by atoms with Crippen LogP contribution in [0.4, 0.5) is 0 Å². The molecule has 1 unspecified atom stereocenters. The number of hydrogen-bond donors (Lipinski definition) is 3. The molecule has 0 heterocycles. The van der Waals surface area contributed by atoms with Gasteiger partial charge in [0.15, 0.2) is 0 Å². The quantitative estimate of drug-likeness (QED) is 0.0772. The number of amides is 1. The van der Waals surface area contributed by atoms with Crippen molar-refractivity contribution in [3.63, 3.8) is 0 Å². The molecule has 0 fully saturated rings. The molecule has 0 radical (unpaired) electrons. The molecule has 0 spiro atoms. The number of carboxylic acids is 2. The van der Waals surface area contributed by atoms with Gasteiger partial charge in [0, 0.05) is 12.8 Å². The van der Waals surface area contributed by atoms with Crippen LogP contribution in [0.1, 0.15) is 47.1 Å². The molecule has 0 saturated heterocycles. The molecule has 3 atom stereocenters. The Kier molecular flexibility index (Phi) is 12.1. The number of carbonyl (C=O) groups is 5. The van der Waals surface area contributed by atoms with Crippen molar-refractivity contribution in [2.24, 2.45) is 0 Å². The van der Waals surface area contributed by atoms with E-state index >= 15 is 0 Å². The van der Waals surface area contributed by atoms with Crippen LogP contribution in [0.25, 0.3) is 11.1 Å². The van der Waals surface area contributed by atoms with Gasteiger partial charge in [-0.2, -0.15) is 0 Å². The standard InChI is InChI=1S/C40H38N2O9/c1-2-23-50-34(44)22-21-33(43)42(32(38(45)46)24-26-13-5-3-6-14-26)37(27-15-7-4-8-16-27)36(39(47)48)41-25-51-40(49)35-30-19-11-9-17-28(30)29-18-10-12-20-31(29)35/h2-20,32,35-37,41H,1,21-25H2,(H,45,46)(H,47,48)/t32-,36+,37?/m0/s1. The summed E-state index contributed by atoms with van der Waals surface area (Å²) in [5.74, 6) is -5.65. The number of rotatable bonds is 17. The number of ether oxygens (including phenoxy) is 2. The number of esters is 2. The first-order chi connectivity index (χ1) is 24.7. The first kappa shape index (κ1) is 36.2. The van der Waals surface area contributed by atoms with E-state index < -0.39 is 67.0 Å². The molecule has 262 valence electrons. The van der Waals surface area contributed by atoms with Crippen LogP contribution in [0.5, 0.6) is 0 Å². The number of nitrogens with zero attached hydrogens (tertiary/aromatic N) is 1. The number of benzene rings is 4. The summed E-state index contributed by atoms with van der Waals surface area (Å²) in [6, 6.07) is 27.1. The van der Waals surface area contributed by atoms with Gasteiger partial charge in [0.25, 0.3) is 0 Å². The van der Waals surface area contributed by atoms with E-state index in [1.807, 2.05) is 48.5 Å². The van der Waals surface area contributed by atoms with Gasteiger partial charge in [0.05, 0.1) is 12.5 Å². The van der Waals surface area contributed by atoms with Crippen LogP contribution in [0.3, 0.4) is 0 Å². The van der Waals surface area contributed by atoms with Crippen molar-refractivity contribution in [1.82, 2.24) is 10.2 Å². The fraction of sp³-hybridized carbons (Fsp3) is 0.225. The molecule has 4 aromatic carbocycles. The summed E-state index contributed by atoms with van der Waals surface area (Å²) in [5.41, 5.74) is 4.21. The van der Waals surface area contributed by atoms with Crippen molar-refractivity contribution >= 4 is 29.8 Å². The molecular weight excluding hydrogens is 652 g/mol. The zero-order chi connectivity index (χ0) is 36.3. The van der Waals surface area contributed by atoms with Gasteiger partial charge in [-0.1, -0.05) is 122 Å². The first-order valence-electron chi connectivity index (χ1n) is 16.4. The maximum absolute atomic E-state index is 14.1. The molecule has 0 aliphatic heterocycles. The van der Waals surface area contributed by atoms with E-state index in [9.17, 15) is 34.2 Å². The highest BCUT2D eigenvalue weighted by Crippen LogP contribution is 2.45. The van der Waals surface area contributed by atoms with Gasteiger partial charge < -0.3 is 24.6 Å². The monoisotopic (exact) mass is 690 g/mol. The molecule has 4 aromatic rings. The van der Waals surface area contributed by atoms with Gasteiger partial charge >= 0.3 is 23.9 Å². The summed E-state index contributed by atoms with van der Waals surface area (Å²) in [4.78, 5) is 67.1. The Morgan fingerprint density at radius 3 is 1.88 bits per heavy atom. The van der Waals surface area contributed by atoms with Crippen LogP contribution < -0.4 is 5.32 Å². The van der Waals surface area contributed by atoms with E-state index in [0.29, 0.717) is 11.1 Å². The van der Waals surface area contributed by atoms with Crippen LogP contribution in [-0.2, 0) is 39.9 Å². The molecule has 51 heavy (non-hydrogen) atoms. The number of hydrogen-bond acceptors (Lipinski definition) is 8. The Morgan fingerprint density at radius 1 is 0.745 bits per heavy atom. The zero-order valence-electron chi connectivity index (χ0n) is 27.7. The van der Waals surface area contributed by atoms with E-state index in [1.165, 1.54) is 6.08 Å². The zero-order valence-corrected chi connectivity index (χ0v) is 27.7. The maximum atomic E-state index is 14.1.